The average Bonchev–Trinajstić information content (AvgIpc) is 1.99. The maximum absolute atomic E-state index is 11.3. The molecule has 0 N–H and O–H groups in total. The molecule has 4 heteroatoms. The summed E-state index contributed by atoms with van der Waals surface area (Å²) in [5.74, 6) is -0.809. The van der Waals surface area contributed by atoms with Gasteiger partial charge in [0.05, 0.1) is 13.5 Å². The van der Waals surface area contributed by atoms with Crippen LogP contribution in [0.2, 0.25) is 0 Å². The lowest BCUT2D eigenvalue weighted by atomic mass is 10.2. The molecule has 0 amide bonds. The lowest BCUT2D eigenvalue weighted by Gasteiger charge is -2.18. The summed E-state index contributed by atoms with van der Waals surface area (Å²) in [5.41, 5.74) is 0.107. The van der Waals surface area contributed by atoms with Gasteiger partial charge in [-0.05, 0) is 27.7 Å². The Bertz CT molecular complexity index is 271. The lowest BCUT2D eigenvalue weighted by Crippen LogP contribution is -2.22. The van der Waals surface area contributed by atoms with Crippen molar-refractivity contribution < 1.29 is 19.1 Å². The fraction of sp³-hybridized carbons (Fsp3) is 0.636. The molecule has 0 aliphatic carbocycles. The van der Waals surface area contributed by atoms with Gasteiger partial charge in [0, 0.05) is 6.08 Å². The van der Waals surface area contributed by atoms with Crippen LogP contribution in [0, 0.1) is 0 Å². The number of ether oxygens (including phenoxy) is 2. The minimum Gasteiger partial charge on any atom is -0.469 e. The van der Waals surface area contributed by atoms with Crippen LogP contribution < -0.4 is 0 Å². The van der Waals surface area contributed by atoms with Crippen LogP contribution in [0.5, 0.6) is 0 Å². The second-order valence-corrected chi connectivity index (χ2v) is 4.28. The molecule has 0 radical (unpaired) electrons. The van der Waals surface area contributed by atoms with Crippen LogP contribution in [0.4, 0.5) is 0 Å². The summed E-state index contributed by atoms with van der Waals surface area (Å²) >= 11 is 0. The average molecular weight is 214 g/mol. The van der Waals surface area contributed by atoms with Crippen LogP contribution in [0.3, 0.4) is 0 Å². The number of hydrogen-bond donors (Lipinski definition) is 0. The summed E-state index contributed by atoms with van der Waals surface area (Å²) in [6, 6.07) is 0. The highest BCUT2D eigenvalue weighted by Gasteiger charge is 2.14. The Morgan fingerprint density at radius 1 is 1.27 bits per heavy atom. The SMILES string of the molecule is COC(=O)CC(C)=CC(=O)OC(C)(C)C. The molecule has 0 fully saturated rings. The first-order valence-corrected chi connectivity index (χ1v) is 4.71. The van der Waals surface area contributed by atoms with E-state index in [1.54, 1.807) is 27.7 Å². The monoisotopic (exact) mass is 214 g/mol. The Hall–Kier alpha value is -1.32. The largest absolute Gasteiger partial charge is 0.469 e. The van der Waals surface area contributed by atoms with Crippen molar-refractivity contribution in [3.63, 3.8) is 0 Å². The van der Waals surface area contributed by atoms with Crippen molar-refractivity contribution in [1.82, 2.24) is 0 Å². The summed E-state index contributed by atoms with van der Waals surface area (Å²) in [5, 5.41) is 0. The molecule has 0 atom stereocenters. The van der Waals surface area contributed by atoms with Gasteiger partial charge in [0.1, 0.15) is 5.60 Å². The zero-order valence-corrected chi connectivity index (χ0v) is 9.92. The molecule has 0 aromatic carbocycles. The van der Waals surface area contributed by atoms with Gasteiger partial charge < -0.3 is 9.47 Å². The fourth-order valence-corrected chi connectivity index (χ4v) is 0.883. The minimum absolute atomic E-state index is 0.107. The van der Waals surface area contributed by atoms with Gasteiger partial charge >= 0.3 is 11.9 Å². The van der Waals surface area contributed by atoms with Crippen molar-refractivity contribution in [1.29, 1.82) is 0 Å². The molecular formula is C11H18O4. The van der Waals surface area contributed by atoms with Crippen molar-refractivity contribution in [2.75, 3.05) is 7.11 Å². The van der Waals surface area contributed by atoms with Gasteiger partial charge in [0.25, 0.3) is 0 Å². The van der Waals surface area contributed by atoms with Crippen LogP contribution in [0.1, 0.15) is 34.1 Å². The van der Waals surface area contributed by atoms with Crippen LogP contribution >= 0.6 is 0 Å². The maximum Gasteiger partial charge on any atom is 0.331 e. The highest BCUT2D eigenvalue weighted by Crippen LogP contribution is 2.09. The highest BCUT2D eigenvalue weighted by atomic mass is 16.6. The number of carbonyl (C=O) groups excluding carboxylic acids is 2. The second-order valence-electron chi connectivity index (χ2n) is 4.28. The summed E-state index contributed by atoms with van der Waals surface area (Å²) in [6.07, 6.45) is 1.41. The highest BCUT2D eigenvalue weighted by molar-refractivity contribution is 5.84. The van der Waals surface area contributed by atoms with Crippen molar-refractivity contribution in [2.45, 2.75) is 39.7 Å². The van der Waals surface area contributed by atoms with E-state index in [-0.39, 0.29) is 12.4 Å². The summed E-state index contributed by atoms with van der Waals surface area (Å²) in [6.45, 7) is 7.04. The van der Waals surface area contributed by atoms with E-state index in [0.717, 1.165) is 0 Å². The third-order valence-electron chi connectivity index (χ3n) is 1.42. The van der Waals surface area contributed by atoms with Gasteiger partial charge in [-0.25, -0.2) is 4.79 Å². The van der Waals surface area contributed by atoms with Gasteiger partial charge in [-0.1, -0.05) is 5.57 Å². The van der Waals surface area contributed by atoms with Crippen molar-refractivity contribution in [2.24, 2.45) is 0 Å². The molecule has 0 heterocycles. The van der Waals surface area contributed by atoms with Gasteiger partial charge in [-0.2, -0.15) is 0 Å². The number of esters is 2. The molecule has 0 saturated heterocycles. The van der Waals surface area contributed by atoms with Crippen molar-refractivity contribution in [3.05, 3.63) is 11.6 Å². The third-order valence-corrected chi connectivity index (χ3v) is 1.42. The zero-order valence-electron chi connectivity index (χ0n) is 9.92. The molecule has 15 heavy (non-hydrogen) atoms. The van der Waals surface area contributed by atoms with Gasteiger partial charge in [-0.15, -0.1) is 0 Å². The predicted molar refractivity (Wildman–Crippen MR) is 56.2 cm³/mol. The van der Waals surface area contributed by atoms with E-state index in [2.05, 4.69) is 4.74 Å². The summed E-state index contributed by atoms with van der Waals surface area (Å²) in [7, 11) is 1.31. The number of methoxy groups -OCH3 is 1. The molecule has 0 bridgehead atoms. The molecule has 0 unspecified atom stereocenters. The van der Waals surface area contributed by atoms with E-state index in [4.69, 9.17) is 4.74 Å². The lowest BCUT2D eigenvalue weighted by molar-refractivity contribution is -0.148. The maximum atomic E-state index is 11.3. The molecular weight excluding hydrogens is 196 g/mol. The molecule has 4 nitrogen and oxygen atoms in total. The molecule has 0 aromatic rings. The normalized spacial score (nSPS) is 12.2. The molecule has 0 spiro atoms. The summed E-state index contributed by atoms with van der Waals surface area (Å²) in [4.78, 5) is 22.2. The van der Waals surface area contributed by atoms with Gasteiger partial charge in [-0.3, -0.25) is 4.79 Å². The number of rotatable bonds is 3. The molecule has 0 aliphatic heterocycles. The Labute approximate surface area is 90.2 Å². The Kier molecular flexibility index (Phi) is 5.05. The molecule has 0 rings (SSSR count). The molecule has 86 valence electrons. The third kappa shape index (κ3) is 7.73. The van der Waals surface area contributed by atoms with Crippen molar-refractivity contribution >= 4 is 11.9 Å². The Morgan fingerprint density at radius 3 is 2.20 bits per heavy atom. The molecule has 0 aromatic heterocycles. The van der Waals surface area contributed by atoms with E-state index in [0.29, 0.717) is 5.57 Å². The van der Waals surface area contributed by atoms with Crippen LogP contribution in [0.15, 0.2) is 11.6 Å². The topological polar surface area (TPSA) is 52.6 Å². The first-order valence-electron chi connectivity index (χ1n) is 4.71. The van der Waals surface area contributed by atoms with Gasteiger partial charge in [0.15, 0.2) is 0 Å². The first-order chi connectivity index (χ1) is 6.74. The van der Waals surface area contributed by atoms with E-state index >= 15 is 0 Å². The zero-order chi connectivity index (χ0) is 12.1. The first kappa shape index (κ1) is 13.7. The van der Waals surface area contributed by atoms with Crippen LogP contribution in [-0.2, 0) is 19.1 Å². The van der Waals surface area contributed by atoms with Gasteiger partial charge in [0.2, 0.25) is 0 Å². The Morgan fingerprint density at radius 2 is 1.80 bits per heavy atom. The van der Waals surface area contributed by atoms with E-state index in [1.165, 1.54) is 13.2 Å². The number of hydrogen-bond acceptors (Lipinski definition) is 4. The predicted octanol–water partition coefficient (Wildman–Crippen LogP) is 1.84. The quantitative estimate of drug-likeness (QED) is 0.531. The summed E-state index contributed by atoms with van der Waals surface area (Å²) < 4.78 is 9.53. The fourth-order valence-electron chi connectivity index (χ4n) is 0.883. The minimum atomic E-state index is -0.515. The smallest absolute Gasteiger partial charge is 0.331 e. The van der Waals surface area contributed by atoms with E-state index < -0.39 is 11.6 Å². The standard InChI is InChI=1S/C11H18O4/c1-8(6-9(12)14-5)7-10(13)15-11(2,3)4/h7H,6H2,1-5H3. The molecule has 0 saturated carbocycles. The molecule has 0 aliphatic rings. The van der Waals surface area contributed by atoms with E-state index in [9.17, 15) is 9.59 Å². The Balaban J connectivity index is 4.24. The number of carbonyl (C=O) groups is 2. The van der Waals surface area contributed by atoms with Crippen molar-refractivity contribution in [3.8, 4) is 0 Å². The second kappa shape index (κ2) is 5.53. The van der Waals surface area contributed by atoms with Crippen LogP contribution in [-0.4, -0.2) is 24.6 Å². The van der Waals surface area contributed by atoms with Crippen LogP contribution in [0.25, 0.3) is 0 Å². The van der Waals surface area contributed by atoms with E-state index in [1.807, 2.05) is 0 Å².